The van der Waals surface area contributed by atoms with Crippen LogP contribution in [0.1, 0.15) is 6.92 Å². The van der Waals surface area contributed by atoms with Crippen molar-refractivity contribution in [3.63, 3.8) is 0 Å². The molecule has 0 aliphatic carbocycles. The van der Waals surface area contributed by atoms with Gasteiger partial charge in [0.25, 0.3) is 5.91 Å². The molecule has 2 rings (SSSR count). The molecule has 142 valence electrons. The maximum Gasteiger partial charge on any atom is 0.414 e. The Morgan fingerprint density at radius 3 is 2.65 bits per heavy atom. The molecule has 0 unspecified atom stereocenters. The van der Waals surface area contributed by atoms with Crippen molar-refractivity contribution in [1.82, 2.24) is 5.01 Å². The third-order valence-corrected chi connectivity index (χ3v) is 3.77. The minimum atomic E-state index is -0.712. The lowest BCUT2D eigenvalue weighted by molar-refractivity contribution is -0.134. The van der Waals surface area contributed by atoms with Gasteiger partial charge in [0.15, 0.2) is 0 Å². The van der Waals surface area contributed by atoms with E-state index in [-0.39, 0.29) is 24.5 Å². The van der Waals surface area contributed by atoms with Crippen LogP contribution in [0, 0.1) is 5.82 Å². The Morgan fingerprint density at radius 1 is 1.38 bits per heavy atom. The lowest BCUT2D eigenvalue weighted by Crippen LogP contribution is -2.42. The number of aliphatic hydroxyl groups is 2. The number of aliphatic hydroxyl groups excluding tert-OH is 2. The fraction of sp³-hybridized carbons (Fsp3) is 0.438. The fourth-order valence-electron chi connectivity index (χ4n) is 2.23. The van der Waals surface area contributed by atoms with Crippen LogP contribution >= 0.6 is 0 Å². The molecule has 0 saturated carbocycles. The molecule has 1 aromatic rings. The first kappa shape index (κ1) is 19.6. The third kappa shape index (κ3) is 4.46. The summed E-state index contributed by atoms with van der Waals surface area (Å²) in [5, 5.41) is 22.7. The van der Waals surface area contributed by atoms with Crippen LogP contribution in [0.2, 0.25) is 0 Å². The molecule has 1 aliphatic rings. The van der Waals surface area contributed by atoms with Crippen molar-refractivity contribution < 1.29 is 28.9 Å². The predicted molar refractivity (Wildman–Crippen MR) is 92.5 cm³/mol. The van der Waals surface area contributed by atoms with Gasteiger partial charge in [0.1, 0.15) is 24.9 Å². The highest BCUT2D eigenvalue weighted by atomic mass is 19.1. The zero-order chi connectivity index (χ0) is 19.3. The molecule has 2 N–H and O–H groups in total. The SMILES string of the molecule is C[C@H](CO)OC(=O)N(C)c1ccc(N2C=NN(C(=O)CO)CC2)c(F)c1. The molecule has 1 heterocycles. The number of amides is 2. The summed E-state index contributed by atoms with van der Waals surface area (Å²) in [4.78, 5) is 25.9. The largest absolute Gasteiger partial charge is 0.444 e. The standard InChI is InChI=1S/C16H21FN4O5/c1-11(8-22)26-16(25)19(2)12-3-4-14(13(17)7-12)20-5-6-21(18-10-20)15(24)9-23/h3-4,7,10-11,22-23H,5-6,8-9H2,1-2H3/t11-/m1/s1. The highest BCUT2D eigenvalue weighted by molar-refractivity contribution is 5.88. The summed E-state index contributed by atoms with van der Waals surface area (Å²) in [7, 11) is 1.43. The van der Waals surface area contributed by atoms with E-state index >= 15 is 0 Å². The fourth-order valence-corrected chi connectivity index (χ4v) is 2.23. The number of hydrogen-bond donors (Lipinski definition) is 2. The monoisotopic (exact) mass is 368 g/mol. The van der Waals surface area contributed by atoms with Gasteiger partial charge in [-0.1, -0.05) is 0 Å². The van der Waals surface area contributed by atoms with E-state index < -0.39 is 30.5 Å². The zero-order valence-corrected chi connectivity index (χ0v) is 14.5. The van der Waals surface area contributed by atoms with Gasteiger partial charge >= 0.3 is 6.09 Å². The molecule has 0 saturated heterocycles. The molecule has 0 aromatic heterocycles. The van der Waals surface area contributed by atoms with E-state index in [1.54, 1.807) is 6.07 Å². The van der Waals surface area contributed by atoms with Crippen molar-refractivity contribution in [2.45, 2.75) is 13.0 Å². The summed E-state index contributed by atoms with van der Waals surface area (Å²) in [5.74, 6) is -1.11. The van der Waals surface area contributed by atoms with Gasteiger partial charge in [-0.05, 0) is 25.1 Å². The van der Waals surface area contributed by atoms with Crippen molar-refractivity contribution in [1.29, 1.82) is 0 Å². The van der Waals surface area contributed by atoms with E-state index in [9.17, 15) is 14.0 Å². The molecule has 0 bridgehead atoms. The number of anilines is 2. The predicted octanol–water partition coefficient (Wildman–Crippen LogP) is 0.363. The van der Waals surface area contributed by atoms with Crippen molar-refractivity contribution in [2.24, 2.45) is 5.10 Å². The molecular weight excluding hydrogens is 347 g/mol. The molecule has 9 nitrogen and oxygen atoms in total. The quantitative estimate of drug-likeness (QED) is 0.778. The van der Waals surface area contributed by atoms with Crippen LogP contribution in [0.5, 0.6) is 0 Å². The zero-order valence-electron chi connectivity index (χ0n) is 14.5. The highest BCUT2D eigenvalue weighted by Crippen LogP contribution is 2.25. The van der Waals surface area contributed by atoms with Crippen LogP contribution in [0.4, 0.5) is 20.6 Å². The second-order valence-electron chi connectivity index (χ2n) is 5.67. The van der Waals surface area contributed by atoms with E-state index in [0.29, 0.717) is 6.54 Å². The van der Waals surface area contributed by atoms with Crippen molar-refractivity contribution >= 4 is 29.7 Å². The van der Waals surface area contributed by atoms with Gasteiger partial charge in [-0.25, -0.2) is 14.2 Å². The van der Waals surface area contributed by atoms with Crippen LogP contribution < -0.4 is 9.80 Å². The molecule has 1 aromatic carbocycles. The summed E-state index contributed by atoms with van der Waals surface area (Å²) in [6, 6.07) is 4.21. The van der Waals surface area contributed by atoms with E-state index in [1.165, 1.54) is 37.3 Å². The number of halogens is 1. The number of hydrogen-bond acceptors (Lipinski definition) is 7. The Hall–Kier alpha value is -2.72. The van der Waals surface area contributed by atoms with Gasteiger partial charge in [-0.2, -0.15) is 5.10 Å². The molecule has 2 amide bonds. The van der Waals surface area contributed by atoms with E-state index in [1.807, 2.05) is 0 Å². The van der Waals surface area contributed by atoms with Gasteiger partial charge in [-0.15, -0.1) is 0 Å². The van der Waals surface area contributed by atoms with Crippen LogP contribution in [0.15, 0.2) is 23.3 Å². The maximum atomic E-state index is 14.5. The molecule has 1 atom stereocenters. The smallest absolute Gasteiger partial charge is 0.414 e. The summed E-state index contributed by atoms with van der Waals surface area (Å²) in [5.41, 5.74) is 0.520. The van der Waals surface area contributed by atoms with Gasteiger partial charge in [0.2, 0.25) is 0 Å². The molecule has 0 spiro atoms. The van der Waals surface area contributed by atoms with Gasteiger partial charge in [-0.3, -0.25) is 9.69 Å². The maximum absolute atomic E-state index is 14.5. The minimum absolute atomic E-state index is 0.211. The van der Waals surface area contributed by atoms with Crippen molar-refractivity contribution in [3.05, 3.63) is 24.0 Å². The molecule has 10 heteroatoms. The Bertz CT molecular complexity index is 699. The van der Waals surface area contributed by atoms with Crippen molar-refractivity contribution in [3.8, 4) is 0 Å². The lowest BCUT2D eigenvalue weighted by atomic mass is 10.2. The number of nitrogens with zero attached hydrogens (tertiary/aromatic N) is 4. The highest BCUT2D eigenvalue weighted by Gasteiger charge is 2.21. The summed E-state index contributed by atoms with van der Waals surface area (Å²) in [6.07, 6.45) is -0.0737. The second-order valence-corrected chi connectivity index (χ2v) is 5.67. The molecule has 1 aliphatic heterocycles. The van der Waals surface area contributed by atoms with Crippen molar-refractivity contribution in [2.75, 3.05) is 43.2 Å². The number of ether oxygens (including phenoxy) is 1. The molecular formula is C16H21FN4O5. The number of benzene rings is 1. The molecule has 26 heavy (non-hydrogen) atoms. The summed E-state index contributed by atoms with van der Waals surface area (Å²) in [6.45, 7) is 1.10. The first-order valence-corrected chi connectivity index (χ1v) is 7.94. The Kier molecular flexibility index (Phi) is 6.47. The Morgan fingerprint density at radius 2 is 2.12 bits per heavy atom. The molecule has 0 radical (unpaired) electrons. The van der Waals surface area contributed by atoms with Gasteiger partial charge in [0.05, 0.1) is 18.8 Å². The number of rotatable bonds is 5. The average Bonchev–Trinajstić information content (AvgIpc) is 2.66. The van der Waals surface area contributed by atoms with Gasteiger partial charge in [0, 0.05) is 19.3 Å². The van der Waals surface area contributed by atoms with Crippen LogP contribution in [0.25, 0.3) is 0 Å². The summed E-state index contributed by atoms with van der Waals surface area (Å²) < 4.78 is 19.4. The van der Waals surface area contributed by atoms with E-state index in [0.717, 1.165) is 9.91 Å². The second kappa shape index (κ2) is 8.59. The third-order valence-electron chi connectivity index (χ3n) is 3.77. The normalized spacial score (nSPS) is 15.0. The van der Waals surface area contributed by atoms with Crippen LogP contribution in [-0.4, -0.2) is 73.0 Å². The summed E-state index contributed by atoms with van der Waals surface area (Å²) >= 11 is 0. The van der Waals surface area contributed by atoms with Crippen LogP contribution in [-0.2, 0) is 9.53 Å². The lowest BCUT2D eigenvalue weighted by Gasteiger charge is -2.29. The Labute approximate surface area is 149 Å². The number of carbonyl (C=O) groups excluding carboxylic acids is 2. The first-order valence-electron chi connectivity index (χ1n) is 7.94. The minimum Gasteiger partial charge on any atom is -0.444 e. The average molecular weight is 368 g/mol. The number of carbonyl (C=O) groups is 2. The van der Waals surface area contributed by atoms with Gasteiger partial charge < -0.3 is 19.8 Å². The number of hydrazone groups is 1. The Balaban J connectivity index is 2.10. The molecule has 0 fully saturated rings. The van der Waals surface area contributed by atoms with Crippen LogP contribution in [0.3, 0.4) is 0 Å². The van der Waals surface area contributed by atoms with E-state index in [4.69, 9.17) is 14.9 Å². The van der Waals surface area contributed by atoms with E-state index in [2.05, 4.69) is 5.10 Å². The topological polar surface area (TPSA) is 106 Å². The first-order chi connectivity index (χ1) is 12.4.